The Morgan fingerprint density at radius 2 is 2.08 bits per heavy atom. The zero-order chi connectivity index (χ0) is 16.4. The maximum atomic E-state index is 12.6. The number of fused-ring (bicyclic) bond motifs is 3. The monoisotopic (exact) mass is 352 g/mol. The summed E-state index contributed by atoms with van der Waals surface area (Å²) in [4.78, 5) is 14.2. The van der Waals surface area contributed by atoms with Gasteiger partial charge >= 0.3 is 5.97 Å². The molecule has 5 aliphatic rings. The van der Waals surface area contributed by atoms with Crippen LogP contribution in [0.5, 0.6) is 0 Å². The number of carbonyl (C=O) groups excluding carboxylic acids is 1. The molecule has 1 N–H and O–H groups in total. The van der Waals surface area contributed by atoms with E-state index in [1.807, 2.05) is 11.8 Å². The van der Waals surface area contributed by atoms with Gasteiger partial charge in [0.05, 0.1) is 31.8 Å². The van der Waals surface area contributed by atoms with Crippen LogP contribution in [0.25, 0.3) is 0 Å². The Morgan fingerprint density at radius 1 is 1.29 bits per heavy atom. The summed E-state index contributed by atoms with van der Waals surface area (Å²) < 4.78 is 11.9. The lowest BCUT2D eigenvalue weighted by Crippen LogP contribution is -3.14. The van der Waals surface area contributed by atoms with Crippen LogP contribution in [-0.4, -0.2) is 55.4 Å². The average Bonchev–Trinajstić information content (AvgIpc) is 3.27. The number of rotatable bonds is 2. The van der Waals surface area contributed by atoms with Crippen LogP contribution < -0.4 is 4.90 Å². The Balaban J connectivity index is 1.36. The van der Waals surface area contributed by atoms with Crippen molar-refractivity contribution in [2.75, 3.05) is 37.7 Å². The second-order valence-electron chi connectivity index (χ2n) is 9.17. The van der Waals surface area contributed by atoms with Gasteiger partial charge in [-0.2, -0.15) is 11.8 Å². The minimum Gasteiger partial charge on any atom is -0.462 e. The van der Waals surface area contributed by atoms with Gasteiger partial charge in [-0.05, 0) is 43.4 Å². The van der Waals surface area contributed by atoms with Crippen LogP contribution in [-0.2, 0) is 14.3 Å². The van der Waals surface area contributed by atoms with Crippen molar-refractivity contribution in [3.05, 3.63) is 0 Å². The lowest BCUT2D eigenvalue weighted by Gasteiger charge is -2.51. The molecule has 6 atom stereocenters. The quantitative estimate of drug-likeness (QED) is 0.598. The third-order valence-electron chi connectivity index (χ3n) is 7.79. The fourth-order valence-corrected chi connectivity index (χ4v) is 7.44. The summed E-state index contributed by atoms with van der Waals surface area (Å²) in [7, 11) is 0. The summed E-state index contributed by atoms with van der Waals surface area (Å²) in [6, 6.07) is 0. The van der Waals surface area contributed by atoms with E-state index in [9.17, 15) is 4.79 Å². The molecule has 0 aromatic carbocycles. The molecular weight excluding hydrogens is 322 g/mol. The van der Waals surface area contributed by atoms with Crippen molar-refractivity contribution >= 4 is 17.7 Å². The van der Waals surface area contributed by atoms with Crippen LogP contribution in [0.4, 0.5) is 0 Å². The molecule has 0 aromatic rings. The number of quaternary nitrogens is 1. The van der Waals surface area contributed by atoms with Crippen molar-refractivity contribution in [2.45, 2.75) is 50.7 Å². The van der Waals surface area contributed by atoms with Gasteiger partial charge in [-0.25, -0.2) is 0 Å². The van der Waals surface area contributed by atoms with Crippen LogP contribution in [0.1, 0.15) is 39.0 Å². The van der Waals surface area contributed by atoms with E-state index in [1.54, 1.807) is 4.90 Å². The smallest absolute Gasteiger partial charge is 0.315 e. The van der Waals surface area contributed by atoms with Gasteiger partial charge in [0, 0.05) is 17.4 Å². The molecule has 0 radical (unpaired) electrons. The number of ether oxygens (including phenoxy) is 2. The van der Waals surface area contributed by atoms with Gasteiger partial charge in [0.15, 0.2) is 0 Å². The standard InChI is InChI=1S/C19H29NO3S/c1-18-3-2-4-19(12-22-19)16(18)9-13-14(17(21)23-15(13)10-18)11-20-5-7-24-8-6-20/h13-16H,2-12H2,1H3/p+1/t13-,14+,15-,16+,18-,19+/m1/s1. The van der Waals surface area contributed by atoms with Crippen molar-refractivity contribution in [3.63, 3.8) is 0 Å². The molecule has 0 bridgehead atoms. The number of esters is 1. The van der Waals surface area contributed by atoms with E-state index in [0.717, 1.165) is 26.0 Å². The minimum absolute atomic E-state index is 0.101. The molecule has 3 aliphatic heterocycles. The molecular formula is C19H30NO3S+. The normalized spacial score (nSPS) is 51.1. The molecule has 3 heterocycles. The van der Waals surface area contributed by atoms with Gasteiger partial charge in [0.2, 0.25) is 0 Å². The summed E-state index contributed by atoms with van der Waals surface area (Å²) >= 11 is 2.05. The Morgan fingerprint density at radius 3 is 2.83 bits per heavy atom. The first-order chi connectivity index (χ1) is 11.6. The summed E-state index contributed by atoms with van der Waals surface area (Å²) in [6.45, 7) is 6.81. The predicted octanol–water partition coefficient (Wildman–Crippen LogP) is 1.15. The molecule has 24 heavy (non-hydrogen) atoms. The van der Waals surface area contributed by atoms with E-state index in [4.69, 9.17) is 9.47 Å². The first-order valence-electron chi connectivity index (χ1n) is 9.85. The predicted molar refractivity (Wildman–Crippen MR) is 93.1 cm³/mol. The lowest BCUT2D eigenvalue weighted by atomic mass is 9.53. The molecule has 134 valence electrons. The van der Waals surface area contributed by atoms with Crippen molar-refractivity contribution < 1.29 is 19.2 Å². The van der Waals surface area contributed by atoms with E-state index >= 15 is 0 Å². The highest BCUT2D eigenvalue weighted by molar-refractivity contribution is 7.99. The first kappa shape index (κ1) is 16.0. The van der Waals surface area contributed by atoms with Gasteiger partial charge in [-0.1, -0.05) is 6.92 Å². The molecule has 4 nitrogen and oxygen atoms in total. The Hall–Kier alpha value is -0.260. The molecule has 0 unspecified atom stereocenters. The number of epoxide rings is 1. The first-order valence-corrected chi connectivity index (χ1v) is 11.0. The zero-order valence-electron chi connectivity index (χ0n) is 14.7. The third-order valence-corrected chi connectivity index (χ3v) is 8.77. The van der Waals surface area contributed by atoms with Crippen molar-refractivity contribution in [1.82, 2.24) is 0 Å². The van der Waals surface area contributed by atoms with E-state index < -0.39 is 0 Å². The van der Waals surface area contributed by atoms with Gasteiger partial charge in [0.25, 0.3) is 0 Å². The second kappa shape index (κ2) is 5.62. The van der Waals surface area contributed by atoms with Crippen LogP contribution in [0.3, 0.4) is 0 Å². The lowest BCUT2D eigenvalue weighted by molar-refractivity contribution is -0.899. The van der Waals surface area contributed by atoms with Crippen LogP contribution in [0.2, 0.25) is 0 Å². The number of carbonyl (C=O) groups is 1. The highest BCUT2D eigenvalue weighted by Gasteiger charge is 2.65. The van der Waals surface area contributed by atoms with Crippen molar-refractivity contribution in [1.29, 1.82) is 0 Å². The molecule has 2 aliphatic carbocycles. The van der Waals surface area contributed by atoms with E-state index in [-0.39, 0.29) is 23.6 Å². The fourth-order valence-electron chi connectivity index (χ4n) is 6.37. The molecule has 3 saturated heterocycles. The Labute approximate surface area is 149 Å². The second-order valence-corrected chi connectivity index (χ2v) is 10.4. The Kier molecular flexibility index (Phi) is 3.73. The number of thioether (sulfide) groups is 1. The largest absolute Gasteiger partial charge is 0.462 e. The third kappa shape index (κ3) is 2.45. The molecule has 1 spiro atoms. The van der Waals surface area contributed by atoms with Gasteiger partial charge < -0.3 is 14.4 Å². The maximum Gasteiger partial charge on any atom is 0.315 e. The molecule has 5 rings (SSSR count). The molecule has 5 fully saturated rings. The summed E-state index contributed by atoms with van der Waals surface area (Å²) in [6.07, 6.45) is 6.19. The summed E-state index contributed by atoms with van der Waals surface area (Å²) in [5.74, 6) is 3.80. The number of nitrogens with one attached hydrogen (secondary N) is 1. The van der Waals surface area contributed by atoms with Gasteiger partial charge in [-0.15, -0.1) is 0 Å². The van der Waals surface area contributed by atoms with Crippen LogP contribution in [0, 0.1) is 23.2 Å². The van der Waals surface area contributed by atoms with Crippen molar-refractivity contribution in [3.8, 4) is 0 Å². The SMILES string of the molecule is C[C@]12CCC[C@]3(CO3)[C@H]1C[C@@H]1[C@H](C[NH+]3CCSCC3)C(=O)O[C@@H]1C2. The van der Waals surface area contributed by atoms with Gasteiger partial charge in [-0.3, -0.25) is 4.79 Å². The number of hydrogen-bond donors (Lipinski definition) is 1. The van der Waals surface area contributed by atoms with Crippen LogP contribution >= 0.6 is 11.8 Å². The highest BCUT2D eigenvalue weighted by atomic mass is 32.2. The Bertz CT molecular complexity index is 531. The summed E-state index contributed by atoms with van der Waals surface area (Å²) in [5, 5.41) is 0. The minimum atomic E-state index is 0.101. The number of hydrogen-bond acceptors (Lipinski definition) is 4. The van der Waals surface area contributed by atoms with Crippen LogP contribution in [0.15, 0.2) is 0 Å². The highest BCUT2D eigenvalue weighted by Crippen LogP contribution is 2.62. The van der Waals surface area contributed by atoms with E-state index in [2.05, 4.69) is 6.92 Å². The molecule has 5 heteroatoms. The molecule has 0 aromatic heterocycles. The molecule has 2 saturated carbocycles. The zero-order valence-corrected chi connectivity index (χ0v) is 15.5. The van der Waals surface area contributed by atoms with E-state index in [0.29, 0.717) is 17.3 Å². The van der Waals surface area contributed by atoms with Gasteiger partial charge in [0.1, 0.15) is 12.0 Å². The van der Waals surface area contributed by atoms with Crippen molar-refractivity contribution in [2.24, 2.45) is 23.2 Å². The fraction of sp³-hybridized carbons (Fsp3) is 0.947. The van der Waals surface area contributed by atoms with E-state index in [1.165, 1.54) is 43.9 Å². The maximum absolute atomic E-state index is 12.6. The molecule has 0 amide bonds. The average molecular weight is 353 g/mol. The summed E-state index contributed by atoms with van der Waals surface area (Å²) in [5.41, 5.74) is 0.489. The topological polar surface area (TPSA) is 43.3 Å².